The van der Waals surface area contributed by atoms with Gasteiger partial charge in [0.25, 0.3) is 0 Å². The molecule has 1 atom stereocenters. The summed E-state index contributed by atoms with van der Waals surface area (Å²) in [6.07, 6.45) is 8.41. The maximum absolute atomic E-state index is 6.18. The van der Waals surface area contributed by atoms with E-state index in [0.717, 1.165) is 9.50 Å². The van der Waals surface area contributed by atoms with E-state index in [4.69, 9.17) is 17.3 Å². The molecule has 1 unspecified atom stereocenters. The molecule has 1 spiro atoms. The summed E-state index contributed by atoms with van der Waals surface area (Å²) in [6, 6.07) is 6.29. The molecule has 1 aromatic carbocycles. The van der Waals surface area contributed by atoms with Crippen LogP contribution in [-0.4, -0.2) is 24.5 Å². The number of likely N-dealkylation sites (tertiary alicyclic amines) is 1. The van der Waals surface area contributed by atoms with Gasteiger partial charge >= 0.3 is 0 Å². The second kappa shape index (κ2) is 6.57. The van der Waals surface area contributed by atoms with Crippen LogP contribution in [0.2, 0.25) is 5.02 Å². The molecule has 2 aliphatic rings. The van der Waals surface area contributed by atoms with Crippen molar-refractivity contribution < 1.29 is 0 Å². The zero-order valence-corrected chi connectivity index (χ0v) is 14.8. The first-order chi connectivity index (χ1) is 10.1. The van der Waals surface area contributed by atoms with Crippen molar-refractivity contribution in [3.05, 3.63) is 33.3 Å². The highest BCUT2D eigenvalue weighted by atomic mass is 79.9. The Balaban J connectivity index is 1.74. The number of rotatable bonds is 3. The van der Waals surface area contributed by atoms with E-state index in [2.05, 4.69) is 26.9 Å². The van der Waals surface area contributed by atoms with Gasteiger partial charge in [0.15, 0.2) is 0 Å². The third-order valence-electron chi connectivity index (χ3n) is 5.50. The Hall–Kier alpha value is -0.0900. The van der Waals surface area contributed by atoms with Gasteiger partial charge in [0.1, 0.15) is 0 Å². The summed E-state index contributed by atoms with van der Waals surface area (Å²) in [5.74, 6) is 0. The monoisotopic (exact) mass is 370 g/mol. The quantitative estimate of drug-likeness (QED) is 0.830. The molecule has 1 heterocycles. The number of piperidine rings is 1. The Kier molecular flexibility index (Phi) is 4.94. The molecule has 0 radical (unpaired) electrons. The van der Waals surface area contributed by atoms with Crippen molar-refractivity contribution in [2.45, 2.75) is 44.6 Å². The first-order valence-corrected chi connectivity index (χ1v) is 9.20. The molecule has 21 heavy (non-hydrogen) atoms. The lowest BCUT2D eigenvalue weighted by Crippen LogP contribution is -2.43. The number of benzene rings is 1. The molecular formula is C17H24BrClN2. The minimum Gasteiger partial charge on any atom is -0.329 e. The molecule has 2 nitrogen and oxygen atoms in total. The lowest BCUT2D eigenvalue weighted by atomic mass is 9.76. The van der Waals surface area contributed by atoms with E-state index in [-0.39, 0.29) is 6.04 Å². The van der Waals surface area contributed by atoms with Crippen molar-refractivity contribution in [2.75, 3.05) is 19.6 Å². The average Bonchev–Trinajstić information content (AvgIpc) is 2.94. The van der Waals surface area contributed by atoms with Gasteiger partial charge in [-0.3, -0.25) is 4.90 Å². The smallest absolute Gasteiger partial charge is 0.0482 e. The Labute approximate surface area is 141 Å². The molecule has 4 heteroatoms. The van der Waals surface area contributed by atoms with Gasteiger partial charge in [-0.15, -0.1) is 0 Å². The molecule has 1 saturated carbocycles. The van der Waals surface area contributed by atoms with Crippen LogP contribution in [0.1, 0.15) is 50.1 Å². The van der Waals surface area contributed by atoms with Gasteiger partial charge in [0, 0.05) is 22.1 Å². The van der Waals surface area contributed by atoms with Gasteiger partial charge in [-0.05, 0) is 68.0 Å². The third-order valence-corrected chi connectivity index (χ3v) is 6.46. The number of hydrogen-bond acceptors (Lipinski definition) is 2. The zero-order valence-electron chi connectivity index (χ0n) is 12.5. The van der Waals surface area contributed by atoms with Crippen LogP contribution in [0.4, 0.5) is 0 Å². The highest BCUT2D eigenvalue weighted by Crippen LogP contribution is 2.47. The van der Waals surface area contributed by atoms with E-state index in [1.165, 1.54) is 57.2 Å². The molecule has 2 fully saturated rings. The molecule has 1 aromatic rings. The fourth-order valence-corrected chi connectivity index (χ4v) is 4.87. The number of nitrogens with zero attached hydrogens (tertiary/aromatic N) is 1. The van der Waals surface area contributed by atoms with Crippen LogP contribution in [-0.2, 0) is 0 Å². The summed E-state index contributed by atoms with van der Waals surface area (Å²) >= 11 is 9.83. The molecule has 0 amide bonds. The summed E-state index contributed by atoms with van der Waals surface area (Å²) in [5.41, 5.74) is 7.98. The van der Waals surface area contributed by atoms with E-state index in [1.54, 1.807) is 0 Å². The van der Waals surface area contributed by atoms with Crippen molar-refractivity contribution >= 4 is 27.5 Å². The van der Waals surface area contributed by atoms with Crippen molar-refractivity contribution in [1.82, 2.24) is 4.90 Å². The molecule has 1 aliphatic carbocycles. The topological polar surface area (TPSA) is 29.3 Å². The van der Waals surface area contributed by atoms with Crippen molar-refractivity contribution in [2.24, 2.45) is 11.1 Å². The third kappa shape index (κ3) is 3.31. The molecule has 1 saturated heterocycles. The maximum atomic E-state index is 6.18. The molecule has 2 N–H and O–H groups in total. The van der Waals surface area contributed by atoms with Crippen molar-refractivity contribution in [3.63, 3.8) is 0 Å². The van der Waals surface area contributed by atoms with Gasteiger partial charge in [-0.2, -0.15) is 0 Å². The van der Waals surface area contributed by atoms with Crippen LogP contribution in [0.25, 0.3) is 0 Å². The molecule has 1 aliphatic heterocycles. The zero-order chi connectivity index (χ0) is 14.9. The maximum Gasteiger partial charge on any atom is 0.0482 e. The van der Waals surface area contributed by atoms with Gasteiger partial charge in [0.05, 0.1) is 0 Å². The molecular weight excluding hydrogens is 348 g/mol. The Bertz CT molecular complexity index is 490. The minimum absolute atomic E-state index is 0.275. The van der Waals surface area contributed by atoms with Crippen LogP contribution >= 0.6 is 27.5 Å². The molecule has 0 bridgehead atoms. The van der Waals surface area contributed by atoms with Crippen LogP contribution in [0.3, 0.4) is 0 Å². The standard InChI is InChI=1S/C17H24BrClN2/c18-15-4-3-13(19)11-14(15)16(12-20)21-9-7-17(8-10-21)5-1-2-6-17/h3-4,11,16H,1-2,5-10,12,20H2. The number of halogens is 2. The normalized spacial score (nSPS) is 23.6. The van der Waals surface area contributed by atoms with Crippen LogP contribution in [0.15, 0.2) is 22.7 Å². The fourth-order valence-electron chi connectivity index (χ4n) is 4.18. The van der Waals surface area contributed by atoms with Crippen LogP contribution in [0, 0.1) is 5.41 Å². The summed E-state index contributed by atoms with van der Waals surface area (Å²) in [4.78, 5) is 2.56. The lowest BCUT2D eigenvalue weighted by molar-refractivity contribution is 0.0778. The number of hydrogen-bond donors (Lipinski definition) is 1. The Morgan fingerprint density at radius 3 is 2.48 bits per heavy atom. The molecule has 3 rings (SSSR count). The van der Waals surface area contributed by atoms with E-state index in [9.17, 15) is 0 Å². The van der Waals surface area contributed by atoms with Crippen molar-refractivity contribution in [3.8, 4) is 0 Å². The first kappa shape index (κ1) is 15.8. The Morgan fingerprint density at radius 2 is 1.86 bits per heavy atom. The number of nitrogens with two attached hydrogens (primary N) is 1. The Morgan fingerprint density at radius 1 is 1.19 bits per heavy atom. The summed E-state index contributed by atoms with van der Waals surface area (Å²) in [7, 11) is 0. The average molecular weight is 372 g/mol. The largest absolute Gasteiger partial charge is 0.329 e. The van der Waals surface area contributed by atoms with E-state index >= 15 is 0 Å². The predicted molar refractivity (Wildman–Crippen MR) is 92.7 cm³/mol. The van der Waals surface area contributed by atoms with E-state index < -0.39 is 0 Å². The first-order valence-electron chi connectivity index (χ1n) is 8.03. The van der Waals surface area contributed by atoms with Crippen molar-refractivity contribution in [1.29, 1.82) is 0 Å². The van der Waals surface area contributed by atoms with Gasteiger partial charge in [0.2, 0.25) is 0 Å². The summed E-state index contributed by atoms with van der Waals surface area (Å²) in [6.45, 7) is 2.98. The lowest BCUT2D eigenvalue weighted by Gasteiger charge is -2.43. The molecule has 0 aromatic heterocycles. The van der Waals surface area contributed by atoms with E-state index in [1.807, 2.05) is 12.1 Å². The summed E-state index contributed by atoms with van der Waals surface area (Å²) < 4.78 is 1.11. The van der Waals surface area contributed by atoms with Gasteiger partial charge < -0.3 is 5.73 Å². The second-order valence-electron chi connectivity index (χ2n) is 6.66. The van der Waals surface area contributed by atoms with Gasteiger partial charge in [-0.25, -0.2) is 0 Å². The fraction of sp³-hybridized carbons (Fsp3) is 0.647. The van der Waals surface area contributed by atoms with Gasteiger partial charge in [-0.1, -0.05) is 40.4 Å². The highest BCUT2D eigenvalue weighted by molar-refractivity contribution is 9.10. The van der Waals surface area contributed by atoms with Crippen LogP contribution < -0.4 is 5.73 Å². The molecule has 116 valence electrons. The minimum atomic E-state index is 0.275. The highest BCUT2D eigenvalue weighted by Gasteiger charge is 2.38. The predicted octanol–water partition coefficient (Wildman–Crippen LogP) is 4.76. The van der Waals surface area contributed by atoms with E-state index in [0.29, 0.717) is 12.0 Å². The SMILES string of the molecule is NCC(c1cc(Cl)ccc1Br)N1CCC2(CCCC2)CC1. The second-order valence-corrected chi connectivity index (χ2v) is 7.95. The summed E-state index contributed by atoms with van der Waals surface area (Å²) in [5, 5.41) is 0.788. The van der Waals surface area contributed by atoms with Crippen LogP contribution in [0.5, 0.6) is 0 Å².